The van der Waals surface area contributed by atoms with Gasteiger partial charge >= 0.3 is 0 Å². The van der Waals surface area contributed by atoms with Gasteiger partial charge in [-0.15, -0.1) is 0 Å². The highest BCUT2D eigenvalue weighted by atomic mass is 16.5. The van der Waals surface area contributed by atoms with E-state index in [0.717, 1.165) is 19.3 Å². The van der Waals surface area contributed by atoms with Gasteiger partial charge in [0.25, 0.3) is 0 Å². The van der Waals surface area contributed by atoms with Gasteiger partial charge in [0.1, 0.15) is 0 Å². The van der Waals surface area contributed by atoms with E-state index in [2.05, 4.69) is 17.5 Å². The van der Waals surface area contributed by atoms with Crippen molar-refractivity contribution in [2.24, 2.45) is 11.1 Å². The molecule has 0 radical (unpaired) electrons. The summed E-state index contributed by atoms with van der Waals surface area (Å²) in [6, 6.07) is 0.0776. The van der Waals surface area contributed by atoms with E-state index in [0.29, 0.717) is 13.2 Å². The molecular weight excluding hydrogens is 204 g/mol. The van der Waals surface area contributed by atoms with E-state index in [1.54, 1.807) is 0 Å². The molecule has 0 spiro atoms. The molecule has 3 atom stereocenters. The maximum atomic E-state index is 12.2. The van der Waals surface area contributed by atoms with Crippen molar-refractivity contribution in [2.75, 3.05) is 13.2 Å². The van der Waals surface area contributed by atoms with Crippen LogP contribution in [0.5, 0.6) is 0 Å². The lowest BCUT2D eigenvalue weighted by Crippen LogP contribution is -2.52. The summed E-state index contributed by atoms with van der Waals surface area (Å²) in [5.74, 6) is 0.0396. The van der Waals surface area contributed by atoms with Gasteiger partial charge in [-0.1, -0.05) is 12.2 Å². The molecule has 1 aliphatic heterocycles. The quantitative estimate of drug-likeness (QED) is 0.674. The molecular formula is C12H20N2O2. The second-order valence-electron chi connectivity index (χ2n) is 4.99. The lowest BCUT2D eigenvalue weighted by molar-refractivity contribution is -0.131. The van der Waals surface area contributed by atoms with Gasteiger partial charge in [0.05, 0.1) is 18.6 Å². The Morgan fingerprint density at radius 2 is 2.38 bits per heavy atom. The average molecular weight is 224 g/mol. The van der Waals surface area contributed by atoms with Crippen LogP contribution in [0.2, 0.25) is 0 Å². The molecule has 16 heavy (non-hydrogen) atoms. The molecule has 0 bridgehead atoms. The first-order valence-corrected chi connectivity index (χ1v) is 5.92. The maximum absolute atomic E-state index is 12.2. The molecule has 1 aliphatic carbocycles. The number of allylic oxidation sites excluding steroid dienone is 1. The van der Waals surface area contributed by atoms with Gasteiger partial charge in [0, 0.05) is 12.1 Å². The van der Waals surface area contributed by atoms with E-state index in [4.69, 9.17) is 10.5 Å². The summed E-state index contributed by atoms with van der Waals surface area (Å²) in [6.45, 7) is 2.80. The van der Waals surface area contributed by atoms with E-state index in [1.807, 2.05) is 6.92 Å². The van der Waals surface area contributed by atoms with Crippen molar-refractivity contribution in [1.82, 2.24) is 5.32 Å². The third-order valence-corrected chi connectivity index (χ3v) is 3.64. The van der Waals surface area contributed by atoms with Crippen molar-refractivity contribution in [3.8, 4) is 0 Å². The fourth-order valence-corrected chi connectivity index (χ4v) is 2.20. The number of carbonyl (C=O) groups is 1. The van der Waals surface area contributed by atoms with Crippen LogP contribution in [0, 0.1) is 5.41 Å². The first kappa shape index (κ1) is 11.6. The predicted molar refractivity (Wildman–Crippen MR) is 61.8 cm³/mol. The Morgan fingerprint density at radius 3 is 2.94 bits per heavy atom. The Morgan fingerprint density at radius 1 is 1.56 bits per heavy atom. The van der Waals surface area contributed by atoms with Gasteiger partial charge in [-0.25, -0.2) is 0 Å². The Bertz CT molecular complexity index is 303. The van der Waals surface area contributed by atoms with Gasteiger partial charge in [-0.05, 0) is 26.2 Å². The Balaban J connectivity index is 1.94. The van der Waals surface area contributed by atoms with Crippen molar-refractivity contribution in [2.45, 2.75) is 38.3 Å². The van der Waals surface area contributed by atoms with Crippen molar-refractivity contribution < 1.29 is 9.53 Å². The molecule has 1 heterocycles. The summed E-state index contributed by atoms with van der Waals surface area (Å²) in [4.78, 5) is 12.2. The van der Waals surface area contributed by atoms with Crippen LogP contribution >= 0.6 is 0 Å². The largest absolute Gasteiger partial charge is 0.379 e. The second kappa shape index (κ2) is 4.55. The Kier molecular flexibility index (Phi) is 3.30. The summed E-state index contributed by atoms with van der Waals surface area (Å²) in [6.07, 6.45) is 7.28. The number of nitrogens with two attached hydrogens (primary N) is 1. The molecule has 1 fully saturated rings. The predicted octanol–water partition coefficient (Wildman–Crippen LogP) is 0.575. The topological polar surface area (TPSA) is 64.3 Å². The van der Waals surface area contributed by atoms with Crippen molar-refractivity contribution in [3.05, 3.63) is 12.2 Å². The second-order valence-corrected chi connectivity index (χ2v) is 4.99. The molecule has 2 aliphatic rings. The monoisotopic (exact) mass is 224 g/mol. The van der Waals surface area contributed by atoms with E-state index < -0.39 is 5.41 Å². The van der Waals surface area contributed by atoms with E-state index in [1.165, 1.54) is 0 Å². The van der Waals surface area contributed by atoms with Crippen molar-refractivity contribution in [3.63, 3.8) is 0 Å². The molecule has 0 aromatic rings. The average Bonchev–Trinajstić information content (AvgIpc) is 2.62. The molecule has 3 N–H and O–H groups in total. The fourth-order valence-electron chi connectivity index (χ4n) is 2.20. The zero-order valence-corrected chi connectivity index (χ0v) is 9.74. The van der Waals surface area contributed by atoms with Crippen LogP contribution < -0.4 is 11.1 Å². The lowest BCUT2D eigenvalue weighted by Gasteiger charge is -2.29. The van der Waals surface area contributed by atoms with E-state index in [-0.39, 0.29) is 18.0 Å². The van der Waals surface area contributed by atoms with E-state index in [9.17, 15) is 4.79 Å². The molecule has 0 aromatic heterocycles. The van der Waals surface area contributed by atoms with Crippen molar-refractivity contribution in [1.29, 1.82) is 0 Å². The molecule has 0 saturated carbocycles. The minimum atomic E-state index is -0.554. The van der Waals surface area contributed by atoms with Gasteiger partial charge in [0.15, 0.2) is 0 Å². The zero-order valence-electron chi connectivity index (χ0n) is 9.74. The summed E-state index contributed by atoms with van der Waals surface area (Å²) in [7, 11) is 0. The smallest absolute Gasteiger partial charge is 0.230 e. The highest BCUT2D eigenvalue weighted by Gasteiger charge is 2.44. The summed E-state index contributed by atoms with van der Waals surface area (Å²) >= 11 is 0. The van der Waals surface area contributed by atoms with Gasteiger partial charge in [-0.2, -0.15) is 0 Å². The maximum Gasteiger partial charge on any atom is 0.230 e. The summed E-state index contributed by atoms with van der Waals surface area (Å²) in [5, 5.41) is 3.08. The number of carbonyl (C=O) groups excluding carboxylic acids is 1. The van der Waals surface area contributed by atoms with Crippen LogP contribution in [0.1, 0.15) is 26.2 Å². The highest BCUT2D eigenvalue weighted by molar-refractivity contribution is 5.83. The fraction of sp³-hybridized carbons (Fsp3) is 0.750. The normalized spacial score (nSPS) is 38.6. The van der Waals surface area contributed by atoms with Crippen LogP contribution in [0.3, 0.4) is 0 Å². The minimum absolute atomic E-state index is 0.0396. The third-order valence-electron chi connectivity index (χ3n) is 3.64. The first-order chi connectivity index (χ1) is 7.63. The molecule has 1 amide bonds. The van der Waals surface area contributed by atoms with Gasteiger partial charge < -0.3 is 15.8 Å². The number of hydrogen-bond donors (Lipinski definition) is 2. The van der Waals surface area contributed by atoms with Crippen LogP contribution in [0.15, 0.2) is 12.2 Å². The Hall–Kier alpha value is -0.870. The SMILES string of the molecule is CC1(C(=O)NC2CC=CCC2)COCC1N. The van der Waals surface area contributed by atoms with Crippen molar-refractivity contribution >= 4 is 5.91 Å². The number of rotatable bonds is 2. The molecule has 4 nitrogen and oxygen atoms in total. The number of amides is 1. The molecule has 3 unspecified atom stereocenters. The first-order valence-electron chi connectivity index (χ1n) is 5.92. The third kappa shape index (κ3) is 2.13. The van der Waals surface area contributed by atoms with Gasteiger partial charge in [0.2, 0.25) is 5.91 Å². The van der Waals surface area contributed by atoms with Crippen LogP contribution in [-0.4, -0.2) is 31.2 Å². The number of nitrogens with one attached hydrogen (secondary N) is 1. The molecule has 2 rings (SSSR count). The van der Waals surface area contributed by atoms with Crippen LogP contribution in [0.25, 0.3) is 0 Å². The Labute approximate surface area is 96.2 Å². The van der Waals surface area contributed by atoms with E-state index >= 15 is 0 Å². The zero-order chi connectivity index (χ0) is 11.6. The molecule has 90 valence electrons. The van der Waals surface area contributed by atoms with Crippen LogP contribution in [-0.2, 0) is 9.53 Å². The standard InChI is InChI=1S/C12H20N2O2/c1-12(8-16-7-10(12)13)11(15)14-9-5-3-2-4-6-9/h2-3,9-10H,4-8,13H2,1H3,(H,14,15). The summed E-state index contributed by atoms with van der Waals surface area (Å²) < 4.78 is 5.28. The number of ether oxygens (including phenoxy) is 1. The number of hydrogen-bond acceptors (Lipinski definition) is 3. The molecule has 4 heteroatoms. The minimum Gasteiger partial charge on any atom is -0.379 e. The molecule has 1 saturated heterocycles. The van der Waals surface area contributed by atoms with Gasteiger partial charge in [-0.3, -0.25) is 4.79 Å². The lowest BCUT2D eigenvalue weighted by atomic mass is 9.84. The summed E-state index contributed by atoms with van der Waals surface area (Å²) in [5.41, 5.74) is 5.37. The molecule has 0 aromatic carbocycles. The highest BCUT2D eigenvalue weighted by Crippen LogP contribution is 2.27. The van der Waals surface area contributed by atoms with Crippen LogP contribution in [0.4, 0.5) is 0 Å².